The number of methoxy groups -OCH3 is 1. The number of fused-ring (bicyclic) bond motifs is 1. The maximum Gasteiger partial charge on any atom is 0.225 e. The highest BCUT2D eigenvalue weighted by Gasteiger charge is 2.19. The zero-order chi connectivity index (χ0) is 17.8. The van der Waals surface area contributed by atoms with Crippen molar-refractivity contribution in [2.45, 2.75) is 26.3 Å². The van der Waals surface area contributed by atoms with Crippen molar-refractivity contribution in [1.82, 2.24) is 5.32 Å². The maximum absolute atomic E-state index is 12.6. The monoisotopic (exact) mass is 337 g/mol. The van der Waals surface area contributed by atoms with Crippen molar-refractivity contribution >= 4 is 16.9 Å². The summed E-state index contributed by atoms with van der Waals surface area (Å²) < 4.78 is 10.8. The van der Waals surface area contributed by atoms with Gasteiger partial charge in [-0.05, 0) is 23.6 Å². The summed E-state index contributed by atoms with van der Waals surface area (Å²) in [5.41, 5.74) is 2.73. The molecule has 0 aliphatic rings. The van der Waals surface area contributed by atoms with Gasteiger partial charge in [0.05, 0.1) is 25.8 Å². The van der Waals surface area contributed by atoms with E-state index in [4.69, 9.17) is 9.15 Å². The molecule has 1 aromatic heterocycles. The van der Waals surface area contributed by atoms with E-state index in [1.165, 1.54) is 0 Å². The zero-order valence-electron chi connectivity index (χ0n) is 14.8. The molecule has 4 nitrogen and oxygen atoms in total. The molecule has 1 atom stereocenters. The van der Waals surface area contributed by atoms with E-state index < -0.39 is 0 Å². The van der Waals surface area contributed by atoms with Crippen LogP contribution in [0.25, 0.3) is 11.0 Å². The van der Waals surface area contributed by atoms with Crippen LogP contribution in [0.5, 0.6) is 5.75 Å². The lowest BCUT2D eigenvalue weighted by Crippen LogP contribution is -2.32. The fourth-order valence-corrected chi connectivity index (χ4v) is 3.02. The number of hydrogen-bond donors (Lipinski definition) is 1. The second kappa shape index (κ2) is 7.43. The van der Waals surface area contributed by atoms with Gasteiger partial charge in [0.2, 0.25) is 5.91 Å². The number of ether oxygens (including phenoxy) is 1. The van der Waals surface area contributed by atoms with E-state index in [0.29, 0.717) is 5.92 Å². The standard InChI is InChI=1S/C21H23NO3/c1-14(2)21(15-7-5-4-6-8-15)22-20(23)11-16-13-25-19-12-17(24-3)9-10-18(16)19/h4-10,12-14,21H,11H2,1-3H3,(H,22,23)/t21-/m0/s1. The van der Waals surface area contributed by atoms with Crippen molar-refractivity contribution in [3.63, 3.8) is 0 Å². The van der Waals surface area contributed by atoms with Gasteiger partial charge in [-0.3, -0.25) is 4.79 Å². The van der Waals surface area contributed by atoms with E-state index in [0.717, 1.165) is 27.8 Å². The molecule has 1 N–H and O–H groups in total. The summed E-state index contributed by atoms with van der Waals surface area (Å²) in [6.45, 7) is 4.22. The fraction of sp³-hybridized carbons (Fsp3) is 0.286. The number of hydrogen-bond acceptors (Lipinski definition) is 3. The summed E-state index contributed by atoms with van der Waals surface area (Å²) in [7, 11) is 1.62. The molecule has 0 saturated carbocycles. The van der Waals surface area contributed by atoms with E-state index in [-0.39, 0.29) is 18.4 Å². The predicted octanol–water partition coefficient (Wildman–Crippen LogP) is 4.50. The largest absolute Gasteiger partial charge is 0.497 e. The molecule has 4 heteroatoms. The molecule has 0 aliphatic heterocycles. The number of furan rings is 1. The average Bonchev–Trinajstić information content (AvgIpc) is 3.02. The Hall–Kier alpha value is -2.75. The van der Waals surface area contributed by atoms with Gasteiger partial charge in [-0.1, -0.05) is 44.2 Å². The SMILES string of the molecule is COc1ccc2c(CC(=O)N[C@H](c3ccccc3)C(C)C)coc2c1. The number of amides is 1. The molecule has 130 valence electrons. The summed E-state index contributed by atoms with van der Waals surface area (Å²) in [6, 6.07) is 15.7. The van der Waals surface area contributed by atoms with Crippen LogP contribution in [-0.4, -0.2) is 13.0 Å². The minimum atomic E-state index is -0.0129. The molecule has 2 aromatic carbocycles. The van der Waals surface area contributed by atoms with Crippen LogP contribution in [0.15, 0.2) is 59.2 Å². The maximum atomic E-state index is 12.6. The summed E-state index contributed by atoms with van der Waals surface area (Å²) in [5, 5.41) is 4.09. The quantitative estimate of drug-likeness (QED) is 0.720. The Kier molecular flexibility index (Phi) is 5.08. The Bertz CT molecular complexity index is 852. The third kappa shape index (κ3) is 3.85. The second-order valence-electron chi connectivity index (χ2n) is 6.50. The van der Waals surface area contributed by atoms with Crippen LogP contribution in [-0.2, 0) is 11.2 Å². The Morgan fingerprint density at radius 1 is 1.16 bits per heavy atom. The van der Waals surface area contributed by atoms with Crippen LogP contribution >= 0.6 is 0 Å². The second-order valence-corrected chi connectivity index (χ2v) is 6.50. The van der Waals surface area contributed by atoms with E-state index in [1.54, 1.807) is 13.4 Å². The molecule has 0 bridgehead atoms. The molecule has 0 radical (unpaired) electrons. The topological polar surface area (TPSA) is 51.5 Å². The Labute approximate surface area is 147 Å². The number of carbonyl (C=O) groups is 1. The molecule has 0 fully saturated rings. The number of rotatable bonds is 6. The van der Waals surface area contributed by atoms with E-state index in [2.05, 4.69) is 19.2 Å². The van der Waals surface area contributed by atoms with Gasteiger partial charge in [-0.2, -0.15) is 0 Å². The van der Waals surface area contributed by atoms with Crippen LogP contribution in [0.4, 0.5) is 0 Å². The first-order chi connectivity index (χ1) is 12.1. The van der Waals surface area contributed by atoms with Gasteiger partial charge in [-0.15, -0.1) is 0 Å². The van der Waals surface area contributed by atoms with Crippen molar-refractivity contribution in [2.24, 2.45) is 5.92 Å². The van der Waals surface area contributed by atoms with Crippen molar-refractivity contribution in [3.05, 3.63) is 65.9 Å². The Morgan fingerprint density at radius 2 is 1.92 bits per heavy atom. The smallest absolute Gasteiger partial charge is 0.225 e. The molecule has 0 unspecified atom stereocenters. The van der Waals surface area contributed by atoms with Gasteiger partial charge in [0.25, 0.3) is 0 Å². The highest BCUT2D eigenvalue weighted by molar-refractivity contribution is 5.88. The average molecular weight is 337 g/mol. The van der Waals surface area contributed by atoms with Crippen LogP contribution in [0, 0.1) is 5.92 Å². The van der Waals surface area contributed by atoms with Crippen LogP contribution < -0.4 is 10.1 Å². The lowest BCUT2D eigenvalue weighted by atomic mass is 9.95. The minimum absolute atomic E-state index is 0.00745. The third-order valence-corrected chi connectivity index (χ3v) is 4.36. The van der Waals surface area contributed by atoms with Gasteiger partial charge in [0, 0.05) is 17.0 Å². The van der Waals surface area contributed by atoms with Crippen LogP contribution in [0.2, 0.25) is 0 Å². The minimum Gasteiger partial charge on any atom is -0.497 e. The first-order valence-electron chi connectivity index (χ1n) is 8.47. The highest BCUT2D eigenvalue weighted by atomic mass is 16.5. The lowest BCUT2D eigenvalue weighted by Gasteiger charge is -2.23. The Morgan fingerprint density at radius 3 is 2.60 bits per heavy atom. The first kappa shape index (κ1) is 17.1. The van der Waals surface area contributed by atoms with Crippen LogP contribution in [0.3, 0.4) is 0 Å². The van der Waals surface area contributed by atoms with Crippen molar-refractivity contribution in [1.29, 1.82) is 0 Å². The molecule has 25 heavy (non-hydrogen) atoms. The molecule has 0 aliphatic carbocycles. The van der Waals surface area contributed by atoms with Gasteiger partial charge in [0.15, 0.2) is 0 Å². The molecule has 0 spiro atoms. The van der Waals surface area contributed by atoms with Crippen molar-refractivity contribution < 1.29 is 13.9 Å². The van der Waals surface area contributed by atoms with Gasteiger partial charge < -0.3 is 14.5 Å². The molecular weight excluding hydrogens is 314 g/mol. The van der Waals surface area contributed by atoms with Gasteiger partial charge >= 0.3 is 0 Å². The normalized spacial score (nSPS) is 12.3. The van der Waals surface area contributed by atoms with E-state index >= 15 is 0 Å². The molecule has 3 rings (SSSR count). The van der Waals surface area contributed by atoms with Crippen molar-refractivity contribution in [3.8, 4) is 5.75 Å². The van der Waals surface area contributed by atoms with E-state index in [1.807, 2.05) is 48.5 Å². The predicted molar refractivity (Wildman–Crippen MR) is 98.6 cm³/mol. The molecule has 3 aromatic rings. The molecular formula is C21H23NO3. The summed E-state index contributed by atoms with van der Waals surface area (Å²) in [4.78, 5) is 12.6. The number of carbonyl (C=O) groups excluding carboxylic acids is 1. The summed E-state index contributed by atoms with van der Waals surface area (Å²) in [6.07, 6.45) is 1.94. The van der Waals surface area contributed by atoms with Gasteiger partial charge in [-0.25, -0.2) is 0 Å². The highest BCUT2D eigenvalue weighted by Crippen LogP contribution is 2.26. The summed E-state index contributed by atoms with van der Waals surface area (Å²) in [5.74, 6) is 1.03. The fourth-order valence-electron chi connectivity index (χ4n) is 3.02. The van der Waals surface area contributed by atoms with E-state index in [9.17, 15) is 4.79 Å². The lowest BCUT2D eigenvalue weighted by molar-refractivity contribution is -0.121. The number of nitrogens with one attached hydrogen (secondary N) is 1. The third-order valence-electron chi connectivity index (χ3n) is 4.36. The molecule has 1 heterocycles. The van der Waals surface area contributed by atoms with Gasteiger partial charge in [0.1, 0.15) is 11.3 Å². The number of benzene rings is 2. The Balaban J connectivity index is 1.75. The van der Waals surface area contributed by atoms with Crippen LogP contribution in [0.1, 0.15) is 31.0 Å². The first-order valence-corrected chi connectivity index (χ1v) is 8.47. The zero-order valence-corrected chi connectivity index (χ0v) is 14.8. The molecule has 1 amide bonds. The summed E-state index contributed by atoms with van der Waals surface area (Å²) >= 11 is 0. The van der Waals surface area contributed by atoms with Crippen molar-refractivity contribution in [2.75, 3.05) is 7.11 Å². The molecule has 0 saturated heterocycles.